The molecule has 0 saturated carbocycles. The Labute approximate surface area is 154 Å². The largest absolute Gasteiger partial charge is 0.480 e. The van der Waals surface area contributed by atoms with Crippen LogP contribution in [0, 0.1) is 19.7 Å². The molecule has 27 heavy (non-hydrogen) atoms. The van der Waals surface area contributed by atoms with Crippen LogP contribution in [0.15, 0.2) is 36.5 Å². The molecule has 0 fully saturated rings. The van der Waals surface area contributed by atoms with E-state index in [0.717, 1.165) is 11.3 Å². The maximum atomic E-state index is 13.4. The van der Waals surface area contributed by atoms with E-state index < -0.39 is 11.9 Å². The zero-order chi connectivity index (χ0) is 19.6. The second-order valence-corrected chi connectivity index (χ2v) is 6.08. The Balaban J connectivity index is 1.77. The zero-order valence-corrected chi connectivity index (χ0v) is 14.8. The Morgan fingerprint density at radius 2 is 2.00 bits per heavy atom. The smallest absolute Gasteiger partial charge is 0.325 e. The fourth-order valence-electron chi connectivity index (χ4n) is 2.73. The number of carbonyl (C=O) groups is 2. The van der Waals surface area contributed by atoms with Crippen LogP contribution in [0.25, 0.3) is 0 Å². The SMILES string of the molecule is Cc1nn(Cc2cccc(F)c2)c(C)c1NC(=O)c1ccn(CC(=O)O)n1. The Morgan fingerprint density at radius 3 is 2.70 bits per heavy atom. The quantitative estimate of drug-likeness (QED) is 0.692. The van der Waals surface area contributed by atoms with Crippen LogP contribution < -0.4 is 5.32 Å². The molecule has 1 amide bonds. The highest BCUT2D eigenvalue weighted by atomic mass is 19.1. The first kappa shape index (κ1) is 18.3. The highest BCUT2D eigenvalue weighted by molar-refractivity contribution is 6.03. The minimum Gasteiger partial charge on any atom is -0.480 e. The molecule has 2 N–H and O–H groups in total. The number of nitrogens with zero attached hydrogens (tertiary/aromatic N) is 4. The highest BCUT2D eigenvalue weighted by Gasteiger charge is 2.17. The van der Waals surface area contributed by atoms with Crippen LogP contribution in [0.3, 0.4) is 0 Å². The van der Waals surface area contributed by atoms with Gasteiger partial charge in [0.15, 0.2) is 5.69 Å². The monoisotopic (exact) mass is 371 g/mol. The fraction of sp³-hybridized carbons (Fsp3) is 0.222. The molecule has 2 aromatic heterocycles. The van der Waals surface area contributed by atoms with Crippen LogP contribution in [-0.4, -0.2) is 36.5 Å². The number of carboxylic acid groups (broad SMARTS) is 1. The van der Waals surface area contributed by atoms with E-state index in [4.69, 9.17) is 5.11 Å². The number of rotatable bonds is 6. The molecule has 0 radical (unpaired) electrons. The van der Waals surface area contributed by atoms with Gasteiger partial charge in [0.25, 0.3) is 5.91 Å². The molecule has 0 aliphatic carbocycles. The van der Waals surface area contributed by atoms with Crippen molar-refractivity contribution in [3.05, 3.63) is 65.0 Å². The van der Waals surface area contributed by atoms with Crippen molar-refractivity contribution in [2.24, 2.45) is 0 Å². The van der Waals surface area contributed by atoms with E-state index in [1.807, 2.05) is 0 Å². The standard InChI is InChI=1S/C18H18FN5O3/c1-11-17(20-18(27)15-6-7-23(22-15)10-16(25)26)12(2)24(21-11)9-13-4-3-5-14(19)8-13/h3-8H,9-10H2,1-2H3,(H,20,27)(H,25,26). The van der Waals surface area contributed by atoms with Gasteiger partial charge in [-0.3, -0.25) is 19.0 Å². The van der Waals surface area contributed by atoms with Gasteiger partial charge >= 0.3 is 5.97 Å². The fourth-order valence-corrected chi connectivity index (χ4v) is 2.73. The Bertz CT molecular complexity index is 1010. The molecule has 3 rings (SSSR count). The molecule has 3 aromatic rings. The maximum absolute atomic E-state index is 13.4. The molecule has 0 atom stereocenters. The normalized spacial score (nSPS) is 10.8. The summed E-state index contributed by atoms with van der Waals surface area (Å²) in [7, 11) is 0. The Kier molecular flexibility index (Phi) is 5.02. The van der Waals surface area contributed by atoms with Crippen molar-refractivity contribution in [1.29, 1.82) is 0 Å². The van der Waals surface area contributed by atoms with Gasteiger partial charge in [-0.1, -0.05) is 12.1 Å². The number of aliphatic carboxylic acids is 1. The van der Waals surface area contributed by atoms with Crippen molar-refractivity contribution >= 4 is 17.6 Å². The van der Waals surface area contributed by atoms with Crippen molar-refractivity contribution in [2.75, 3.05) is 5.32 Å². The molecular weight excluding hydrogens is 353 g/mol. The molecule has 140 valence electrons. The zero-order valence-electron chi connectivity index (χ0n) is 14.8. The number of nitrogens with one attached hydrogen (secondary N) is 1. The Hall–Kier alpha value is -3.49. The molecule has 0 aliphatic rings. The number of hydrogen-bond donors (Lipinski definition) is 2. The molecule has 0 bridgehead atoms. The summed E-state index contributed by atoms with van der Waals surface area (Å²) in [4.78, 5) is 23.1. The summed E-state index contributed by atoms with van der Waals surface area (Å²) in [6.07, 6.45) is 1.43. The lowest BCUT2D eigenvalue weighted by atomic mass is 10.2. The molecule has 0 aliphatic heterocycles. The third-order valence-electron chi connectivity index (χ3n) is 4.01. The summed E-state index contributed by atoms with van der Waals surface area (Å²) < 4.78 is 16.2. The van der Waals surface area contributed by atoms with Gasteiger partial charge in [-0.15, -0.1) is 0 Å². The van der Waals surface area contributed by atoms with Crippen LogP contribution in [0.5, 0.6) is 0 Å². The molecule has 2 heterocycles. The number of benzene rings is 1. The average Bonchev–Trinajstić information content (AvgIpc) is 3.15. The van der Waals surface area contributed by atoms with E-state index in [-0.39, 0.29) is 18.1 Å². The number of halogens is 1. The number of carbonyl (C=O) groups excluding carboxylic acids is 1. The van der Waals surface area contributed by atoms with Crippen LogP contribution >= 0.6 is 0 Å². The van der Waals surface area contributed by atoms with Crippen molar-refractivity contribution in [2.45, 2.75) is 26.9 Å². The van der Waals surface area contributed by atoms with E-state index in [1.165, 1.54) is 29.1 Å². The topological polar surface area (TPSA) is 102 Å². The second-order valence-electron chi connectivity index (χ2n) is 6.08. The molecule has 1 aromatic carbocycles. The number of carboxylic acids is 1. The summed E-state index contributed by atoms with van der Waals surface area (Å²) in [5.41, 5.74) is 2.74. The number of anilines is 1. The van der Waals surface area contributed by atoms with E-state index in [2.05, 4.69) is 15.5 Å². The Morgan fingerprint density at radius 1 is 1.22 bits per heavy atom. The van der Waals surface area contributed by atoms with Crippen molar-refractivity contribution in [3.8, 4) is 0 Å². The summed E-state index contributed by atoms with van der Waals surface area (Å²) in [6.45, 7) is 3.61. The molecule has 0 unspecified atom stereocenters. The minimum absolute atomic E-state index is 0.105. The van der Waals surface area contributed by atoms with Crippen molar-refractivity contribution < 1.29 is 19.1 Å². The number of hydrogen-bond acceptors (Lipinski definition) is 4. The predicted molar refractivity (Wildman–Crippen MR) is 95.0 cm³/mol. The second kappa shape index (κ2) is 7.40. The van der Waals surface area contributed by atoms with E-state index in [9.17, 15) is 14.0 Å². The van der Waals surface area contributed by atoms with E-state index in [1.54, 1.807) is 30.7 Å². The first-order valence-electron chi connectivity index (χ1n) is 8.18. The number of aryl methyl sites for hydroxylation is 1. The van der Waals surface area contributed by atoms with Crippen LogP contribution in [0.4, 0.5) is 10.1 Å². The van der Waals surface area contributed by atoms with Gasteiger partial charge in [-0.2, -0.15) is 10.2 Å². The lowest BCUT2D eigenvalue weighted by molar-refractivity contribution is -0.137. The lowest BCUT2D eigenvalue weighted by Crippen LogP contribution is -2.16. The molecule has 0 spiro atoms. The van der Waals surface area contributed by atoms with Gasteiger partial charge in [0.05, 0.1) is 23.6 Å². The van der Waals surface area contributed by atoms with Gasteiger partial charge in [0, 0.05) is 6.20 Å². The van der Waals surface area contributed by atoms with Gasteiger partial charge in [-0.25, -0.2) is 4.39 Å². The average molecular weight is 371 g/mol. The predicted octanol–water partition coefficient (Wildman–Crippen LogP) is 2.22. The van der Waals surface area contributed by atoms with Gasteiger partial charge in [0.2, 0.25) is 0 Å². The van der Waals surface area contributed by atoms with Gasteiger partial charge in [-0.05, 0) is 37.6 Å². The molecule has 9 heteroatoms. The summed E-state index contributed by atoms with van der Waals surface area (Å²) >= 11 is 0. The van der Waals surface area contributed by atoms with Crippen LogP contribution in [0.2, 0.25) is 0 Å². The van der Waals surface area contributed by atoms with Crippen LogP contribution in [-0.2, 0) is 17.9 Å². The lowest BCUT2D eigenvalue weighted by Gasteiger charge is -2.07. The molecule has 8 nitrogen and oxygen atoms in total. The summed E-state index contributed by atoms with van der Waals surface area (Å²) in [6, 6.07) is 7.68. The minimum atomic E-state index is -1.05. The number of aromatic nitrogens is 4. The van der Waals surface area contributed by atoms with Gasteiger partial charge < -0.3 is 10.4 Å². The summed E-state index contributed by atoms with van der Waals surface area (Å²) in [5, 5.41) is 19.9. The van der Waals surface area contributed by atoms with Gasteiger partial charge in [0.1, 0.15) is 12.4 Å². The first-order chi connectivity index (χ1) is 12.8. The molecule has 0 saturated heterocycles. The highest BCUT2D eigenvalue weighted by Crippen LogP contribution is 2.21. The van der Waals surface area contributed by atoms with E-state index in [0.29, 0.717) is 17.9 Å². The third-order valence-corrected chi connectivity index (χ3v) is 4.01. The molecular formula is C18H18FN5O3. The van der Waals surface area contributed by atoms with Crippen LogP contribution in [0.1, 0.15) is 27.4 Å². The van der Waals surface area contributed by atoms with Crippen molar-refractivity contribution in [3.63, 3.8) is 0 Å². The summed E-state index contributed by atoms with van der Waals surface area (Å²) in [5.74, 6) is -1.83. The number of amides is 1. The first-order valence-corrected chi connectivity index (χ1v) is 8.18. The van der Waals surface area contributed by atoms with Crippen molar-refractivity contribution in [1.82, 2.24) is 19.6 Å². The van der Waals surface area contributed by atoms with E-state index >= 15 is 0 Å². The maximum Gasteiger partial charge on any atom is 0.325 e. The third kappa shape index (κ3) is 4.20.